The molecule has 0 spiro atoms. The van der Waals surface area contributed by atoms with Crippen molar-refractivity contribution in [3.05, 3.63) is 23.8 Å². The number of rotatable bonds is 11. The van der Waals surface area contributed by atoms with Crippen molar-refractivity contribution in [2.24, 2.45) is 35.5 Å². The summed E-state index contributed by atoms with van der Waals surface area (Å²) in [5, 5.41) is 0. The summed E-state index contributed by atoms with van der Waals surface area (Å²) in [6.45, 7) is 20.9. The van der Waals surface area contributed by atoms with Gasteiger partial charge < -0.3 is 0 Å². The third-order valence-electron chi connectivity index (χ3n) is 6.33. The molecule has 0 heteroatoms. The summed E-state index contributed by atoms with van der Waals surface area (Å²) in [5.74, 6) is 4.57. The first kappa shape index (κ1) is 20.5. The van der Waals surface area contributed by atoms with E-state index in [4.69, 9.17) is 0 Å². The summed E-state index contributed by atoms with van der Waals surface area (Å²) in [5.41, 5.74) is 3.17. The summed E-state index contributed by atoms with van der Waals surface area (Å²) < 4.78 is 0. The van der Waals surface area contributed by atoms with Crippen LogP contribution in [0, 0.1) is 35.5 Å². The third-order valence-corrected chi connectivity index (χ3v) is 6.33. The van der Waals surface area contributed by atoms with Gasteiger partial charge in [0.05, 0.1) is 0 Å². The van der Waals surface area contributed by atoms with Gasteiger partial charge in [-0.2, -0.15) is 0 Å². The van der Waals surface area contributed by atoms with Crippen molar-refractivity contribution in [1.82, 2.24) is 0 Å². The van der Waals surface area contributed by atoms with Crippen molar-refractivity contribution in [1.29, 1.82) is 0 Å². The quantitative estimate of drug-likeness (QED) is 0.343. The normalized spacial score (nSPS) is 24.8. The Labute approximate surface area is 146 Å². The maximum absolute atomic E-state index is 4.34. The van der Waals surface area contributed by atoms with Crippen LogP contribution < -0.4 is 0 Å². The molecule has 0 amide bonds. The highest BCUT2D eigenvalue weighted by Crippen LogP contribution is 2.48. The fourth-order valence-electron chi connectivity index (χ4n) is 5.24. The molecule has 1 aliphatic carbocycles. The van der Waals surface area contributed by atoms with Crippen LogP contribution >= 0.6 is 0 Å². The standard InChI is InChI=1S/C23H42/c1-9-12-17(6)23(16(4)5)19(8)21-15-22(18(21)7)20(13-10-2)14-11-3/h15,17-21,23H,4,9-14H2,1-3,5-8H3. The highest BCUT2D eigenvalue weighted by atomic mass is 14.4. The first-order valence-corrected chi connectivity index (χ1v) is 10.3. The topological polar surface area (TPSA) is 0 Å². The molecule has 1 rings (SSSR count). The predicted molar refractivity (Wildman–Crippen MR) is 106 cm³/mol. The second-order valence-electron chi connectivity index (χ2n) is 8.30. The van der Waals surface area contributed by atoms with Gasteiger partial charge in [-0.3, -0.25) is 0 Å². The summed E-state index contributed by atoms with van der Waals surface area (Å²) >= 11 is 0. The lowest BCUT2D eigenvalue weighted by Gasteiger charge is -2.45. The lowest BCUT2D eigenvalue weighted by atomic mass is 9.60. The van der Waals surface area contributed by atoms with Crippen LogP contribution in [-0.4, -0.2) is 0 Å². The van der Waals surface area contributed by atoms with E-state index in [0.29, 0.717) is 5.92 Å². The molecular weight excluding hydrogens is 276 g/mol. The maximum Gasteiger partial charge on any atom is -0.0136 e. The van der Waals surface area contributed by atoms with E-state index >= 15 is 0 Å². The Morgan fingerprint density at radius 3 is 1.96 bits per heavy atom. The number of hydrogen-bond acceptors (Lipinski definition) is 0. The smallest absolute Gasteiger partial charge is 0.0136 e. The van der Waals surface area contributed by atoms with Crippen molar-refractivity contribution in [2.45, 2.75) is 87.0 Å². The Kier molecular flexibility index (Phi) is 8.65. The summed E-state index contributed by atoms with van der Waals surface area (Å²) in [4.78, 5) is 0. The van der Waals surface area contributed by atoms with Crippen molar-refractivity contribution in [3.8, 4) is 0 Å². The van der Waals surface area contributed by atoms with Crippen LogP contribution in [0.3, 0.4) is 0 Å². The average molecular weight is 319 g/mol. The molecule has 0 bridgehead atoms. The molecule has 0 saturated heterocycles. The van der Waals surface area contributed by atoms with Crippen LogP contribution in [0.25, 0.3) is 0 Å². The van der Waals surface area contributed by atoms with Gasteiger partial charge in [0, 0.05) is 0 Å². The van der Waals surface area contributed by atoms with Crippen LogP contribution in [0.5, 0.6) is 0 Å². The van der Waals surface area contributed by atoms with Gasteiger partial charge in [-0.25, -0.2) is 0 Å². The molecule has 0 heterocycles. The van der Waals surface area contributed by atoms with Crippen LogP contribution in [-0.2, 0) is 0 Å². The van der Waals surface area contributed by atoms with Crippen molar-refractivity contribution < 1.29 is 0 Å². The van der Waals surface area contributed by atoms with E-state index in [1.165, 1.54) is 44.1 Å². The van der Waals surface area contributed by atoms with Gasteiger partial charge in [-0.1, -0.05) is 91.0 Å². The van der Waals surface area contributed by atoms with Gasteiger partial charge in [-0.05, 0) is 55.3 Å². The van der Waals surface area contributed by atoms with Gasteiger partial charge in [0.25, 0.3) is 0 Å². The molecule has 0 N–H and O–H groups in total. The third kappa shape index (κ3) is 4.97. The SMILES string of the molecule is C=C(C)C(C(C)CCC)C(C)C1C=C(C(CCC)CCC)C1C. The highest BCUT2D eigenvalue weighted by molar-refractivity contribution is 5.26. The average Bonchev–Trinajstić information content (AvgIpc) is 2.46. The molecule has 0 aromatic heterocycles. The number of allylic oxidation sites excluding steroid dienone is 3. The highest BCUT2D eigenvalue weighted by Gasteiger charge is 2.39. The first-order chi connectivity index (χ1) is 10.9. The molecule has 1 aliphatic rings. The largest absolute Gasteiger partial charge is 0.0998 e. The summed E-state index contributed by atoms with van der Waals surface area (Å²) in [6.07, 6.45) is 10.7. The van der Waals surface area contributed by atoms with E-state index in [-0.39, 0.29) is 0 Å². The van der Waals surface area contributed by atoms with Crippen LogP contribution in [0.1, 0.15) is 87.0 Å². The zero-order chi connectivity index (χ0) is 17.6. The van der Waals surface area contributed by atoms with Gasteiger partial charge in [0.1, 0.15) is 0 Å². The van der Waals surface area contributed by atoms with E-state index in [1.807, 2.05) is 0 Å². The van der Waals surface area contributed by atoms with E-state index in [1.54, 1.807) is 5.57 Å². The Bertz CT molecular complexity index is 383. The molecule has 5 atom stereocenters. The summed E-state index contributed by atoms with van der Waals surface area (Å²) in [7, 11) is 0. The minimum absolute atomic E-state index is 0.677. The summed E-state index contributed by atoms with van der Waals surface area (Å²) in [6, 6.07) is 0. The fraction of sp³-hybridized carbons (Fsp3) is 0.826. The van der Waals surface area contributed by atoms with Crippen molar-refractivity contribution in [2.75, 3.05) is 0 Å². The Hall–Kier alpha value is -0.520. The molecule has 0 saturated carbocycles. The van der Waals surface area contributed by atoms with Crippen molar-refractivity contribution >= 4 is 0 Å². The van der Waals surface area contributed by atoms with Gasteiger partial charge in [-0.15, -0.1) is 0 Å². The second kappa shape index (κ2) is 9.70. The second-order valence-corrected chi connectivity index (χ2v) is 8.30. The van der Waals surface area contributed by atoms with Gasteiger partial charge >= 0.3 is 0 Å². The zero-order valence-electron chi connectivity index (χ0n) is 17.0. The first-order valence-electron chi connectivity index (χ1n) is 10.3. The molecule has 134 valence electrons. The van der Waals surface area contributed by atoms with E-state index in [9.17, 15) is 0 Å². The molecule has 0 fully saturated rings. The minimum atomic E-state index is 0.677. The minimum Gasteiger partial charge on any atom is -0.0998 e. The molecule has 0 aliphatic heterocycles. The van der Waals surface area contributed by atoms with Crippen LogP contribution in [0.4, 0.5) is 0 Å². The van der Waals surface area contributed by atoms with Crippen molar-refractivity contribution in [3.63, 3.8) is 0 Å². The fourth-order valence-corrected chi connectivity index (χ4v) is 5.24. The van der Waals surface area contributed by atoms with Crippen LogP contribution in [0.15, 0.2) is 23.8 Å². The molecule has 5 unspecified atom stereocenters. The zero-order valence-corrected chi connectivity index (χ0v) is 17.0. The van der Waals surface area contributed by atoms with E-state index in [2.05, 4.69) is 61.1 Å². The van der Waals surface area contributed by atoms with Gasteiger partial charge in [0.2, 0.25) is 0 Å². The van der Waals surface area contributed by atoms with Gasteiger partial charge in [0.15, 0.2) is 0 Å². The molecule has 23 heavy (non-hydrogen) atoms. The lowest BCUT2D eigenvalue weighted by Crippen LogP contribution is -2.37. The van der Waals surface area contributed by atoms with E-state index in [0.717, 1.165) is 29.6 Å². The monoisotopic (exact) mass is 318 g/mol. The molecule has 0 aromatic rings. The molecule has 0 aromatic carbocycles. The molecular formula is C23H42. The maximum atomic E-state index is 4.34. The van der Waals surface area contributed by atoms with Crippen LogP contribution in [0.2, 0.25) is 0 Å². The molecule has 0 radical (unpaired) electrons. The number of hydrogen-bond donors (Lipinski definition) is 0. The molecule has 0 nitrogen and oxygen atoms in total. The Morgan fingerprint density at radius 1 is 1.04 bits per heavy atom. The Morgan fingerprint density at radius 2 is 1.57 bits per heavy atom. The lowest BCUT2D eigenvalue weighted by molar-refractivity contribution is 0.178. The van der Waals surface area contributed by atoms with E-state index < -0.39 is 0 Å². The predicted octanol–water partition coefficient (Wildman–Crippen LogP) is 7.66. The Balaban J connectivity index is 2.84.